The molecular weight excluding hydrogens is 311 g/mol. The summed E-state index contributed by atoms with van der Waals surface area (Å²) in [5, 5.41) is 0. The van der Waals surface area contributed by atoms with E-state index in [0.717, 1.165) is 0 Å². The molecule has 0 heterocycles. The topological polar surface area (TPSA) is 35.5 Å². The van der Waals surface area contributed by atoms with Gasteiger partial charge in [0.2, 0.25) is 0 Å². The van der Waals surface area contributed by atoms with Crippen molar-refractivity contribution in [1.29, 1.82) is 0 Å². The molecule has 0 atom stereocenters. The van der Waals surface area contributed by atoms with Crippen LogP contribution in [0.4, 0.5) is 0 Å². The van der Waals surface area contributed by atoms with Crippen LogP contribution in [0.5, 0.6) is 5.75 Å². The van der Waals surface area contributed by atoms with Gasteiger partial charge in [-0.25, -0.2) is 0 Å². The highest BCUT2D eigenvalue weighted by Crippen LogP contribution is 2.62. The Bertz CT molecular complexity index is 284. The van der Waals surface area contributed by atoms with Gasteiger partial charge in [0.15, 0.2) is 5.75 Å². The Kier molecular flexibility index (Phi) is 3.77. The third-order valence-electron chi connectivity index (χ3n) is 0.963. The van der Waals surface area contributed by atoms with Crippen LogP contribution in [0.15, 0.2) is 30.3 Å². The first-order valence-electron chi connectivity index (χ1n) is 2.98. The van der Waals surface area contributed by atoms with E-state index in [-0.39, 0.29) is 0 Å². The van der Waals surface area contributed by atoms with Gasteiger partial charge in [-0.2, -0.15) is 0 Å². The lowest BCUT2D eigenvalue weighted by molar-refractivity contribution is -0.0892. The number of benzene rings is 1. The van der Waals surface area contributed by atoms with E-state index in [4.69, 9.17) is 4.89 Å². The van der Waals surface area contributed by atoms with Crippen molar-refractivity contribution in [3.05, 3.63) is 30.3 Å². The fraction of sp³-hybridized carbons (Fsp3) is 0. The van der Waals surface area contributed by atoms with Gasteiger partial charge in [-0.05, 0) is 12.1 Å². The Morgan fingerprint density at radius 1 is 1.17 bits per heavy atom. The predicted octanol–water partition coefficient (Wildman–Crippen LogP) is 3.89. The molecule has 0 unspecified atom stereocenters. The highest BCUT2D eigenvalue weighted by molar-refractivity contribution is 9.70. The molecule has 0 spiro atoms. The van der Waals surface area contributed by atoms with E-state index in [0.29, 0.717) is 5.75 Å². The van der Waals surface area contributed by atoms with E-state index < -0.39 is 4.77 Å². The first kappa shape index (κ1) is 10.3. The highest BCUT2D eigenvalue weighted by Gasteiger charge is 2.14. The molecule has 0 aliphatic carbocycles. The molecule has 0 N–H and O–H groups in total. The molecular formula is C6H5Br2O3P. The largest absolute Gasteiger partial charge is 0.367 e. The van der Waals surface area contributed by atoms with Gasteiger partial charge in [-0.1, -0.05) is 18.2 Å². The Morgan fingerprint density at radius 2 is 1.75 bits per heavy atom. The average Bonchev–Trinajstić information content (AvgIpc) is 2.02. The lowest BCUT2D eigenvalue weighted by Gasteiger charge is -2.03. The first-order valence-corrected chi connectivity index (χ1v) is 8.65. The zero-order valence-corrected chi connectivity index (χ0v) is 9.88. The third kappa shape index (κ3) is 4.26. The molecule has 0 fully saturated rings. The van der Waals surface area contributed by atoms with Crippen molar-refractivity contribution >= 4 is 35.8 Å². The number of halogens is 2. The minimum atomic E-state index is -2.93. The second kappa shape index (κ2) is 4.42. The monoisotopic (exact) mass is 314 g/mol. The Morgan fingerprint density at radius 3 is 2.25 bits per heavy atom. The molecule has 0 aliphatic heterocycles. The summed E-state index contributed by atoms with van der Waals surface area (Å²) in [5.41, 5.74) is 0. The average molecular weight is 316 g/mol. The summed E-state index contributed by atoms with van der Waals surface area (Å²) in [6, 6.07) is 8.79. The summed E-state index contributed by atoms with van der Waals surface area (Å²) in [4.78, 5) is 4.71. The Hall–Kier alpha value is 0.170. The van der Waals surface area contributed by atoms with Crippen LogP contribution in [0.25, 0.3) is 0 Å². The van der Waals surface area contributed by atoms with Gasteiger partial charge in [0, 0.05) is 31.0 Å². The lowest BCUT2D eigenvalue weighted by Crippen LogP contribution is -1.88. The van der Waals surface area contributed by atoms with Crippen molar-refractivity contribution in [3.63, 3.8) is 0 Å². The Labute approximate surface area is 85.9 Å². The quantitative estimate of drug-likeness (QED) is 0.482. The number of hydrogen-bond acceptors (Lipinski definition) is 3. The summed E-state index contributed by atoms with van der Waals surface area (Å²) < 4.78 is 12.4. The van der Waals surface area contributed by atoms with E-state index in [1.54, 1.807) is 24.3 Å². The molecule has 1 aromatic carbocycles. The standard InChI is InChI=1S/C6H5Br2O3P/c7-12(8,9)11-10-6-4-2-1-3-5-6/h1-5H. The minimum absolute atomic E-state index is 0.497. The molecule has 1 aromatic rings. The summed E-state index contributed by atoms with van der Waals surface area (Å²) in [5.74, 6) is 0.497. The van der Waals surface area contributed by atoms with E-state index >= 15 is 0 Å². The third-order valence-corrected chi connectivity index (χ3v) is 1.92. The van der Waals surface area contributed by atoms with Crippen molar-refractivity contribution in [1.82, 2.24) is 0 Å². The van der Waals surface area contributed by atoms with E-state index in [9.17, 15) is 4.57 Å². The van der Waals surface area contributed by atoms with E-state index in [2.05, 4.69) is 35.7 Å². The van der Waals surface area contributed by atoms with Gasteiger partial charge >= 0.3 is 4.77 Å². The zero-order valence-electron chi connectivity index (χ0n) is 5.81. The Balaban J connectivity index is 2.50. The van der Waals surface area contributed by atoms with Crippen molar-refractivity contribution < 1.29 is 14.1 Å². The van der Waals surface area contributed by atoms with Crippen LogP contribution >= 0.6 is 35.8 Å². The number of rotatable bonds is 3. The van der Waals surface area contributed by atoms with Crippen molar-refractivity contribution in [2.75, 3.05) is 0 Å². The van der Waals surface area contributed by atoms with Crippen molar-refractivity contribution in [3.8, 4) is 5.75 Å². The highest BCUT2D eigenvalue weighted by atomic mass is 79.9. The van der Waals surface area contributed by atoms with Crippen molar-refractivity contribution in [2.24, 2.45) is 0 Å². The maximum Gasteiger partial charge on any atom is 0.367 e. The summed E-state index contributed by atoms with van der Waals surface area (Å²) in [6.45, 7) is 0. The van der Waals surface area contributed by atoms with Crippen LogP contribution in [0, 0.1) is 0 Å². The summed E-state index contributed by atoms with van der Waals surface area (Å²) >= 11 is 5.52. The fourth-order valence-corrected chi connectivity index (χ4v) is 1.09. The number of para-hydroxylation sites is 1. The molecule has 1 rings (SSSR count). The molecule has 0 saturated heterocycles. The summed E-state index contributed by atoms with van der Waals surface area (Å²) in [6.07, 6.45) is 0. The second-order valence-corrected chi connectivity index (χ2v) is 11.3. The van der Waals surface area contributed by atoms with Crippen LogP contribution in [0.3, 0.4) is 0 Å². The zero-order chi connectivity index (χ0) is 9.03. The molecule has 0 bridgehead atoms. The molecule has 0 aliphatic rings. The van der Waals surface area contributed by atoms with Gasteiger partial charge in [0.25, 0.3) is 0 Å². The van der Waals surface area contributed by atoms with Gasteiger partial charge in [0.05, 0.1) is 0 Å². The molecule has 0 amide bonds. The van der Waals surface area contributed by atoms with Crippen LogP contribution in [0.1, 0.15) is 0 Å². The normalized spacial score (nSPS) is 11.2. The SMILES string of the molecule is O=P(Br)(Br)OOc1ccccc1. The fourth-order valence-electron chi connectivity index (χ4n) is 0.562. The van der Waals surface area contributed by atoms with Gasteiger partial charge in [-0.15, -0.1) is 4.67 Å². The van der Waals surface area contributed by atoms with Crippen LogP contribution in [-0.2, 0) is 9.24 Å². The second-order valence-electron chi connectivity index (χ2n) is 1.89. The molecule has 6 heteroatoms. The molecule has 0 aromatic heterocycles. The maximum absolute atomic E-state index is 10.9. The van der Waals surface area contributed by atoms with Gasteiger partial charge < -0.3 is 4.89 Å². The molecule has 0 saturated carbocycles. The van der Waals surface area contributed by atoms with Crippen LogP contribution in [-0.4, -0.2) is 0 Å². The van der Waals surface area contributed by atoms with E-state index in [1.165, 1.54) is 0 Å². The lowest BCUT2D eigenvalue weighted by atomic mass is 10.3. The van der Waals surface area contributed by atoms with Gasteiger partial charge in [-0.3, -0.25) is 4.57 Å². The van der Waals surface area contributed by atoms with Crippen LogP contribution < -0.4 is 4.89 Å². The summed E-state index contributed by atoms with van der Waals surface area (Å²) in [7, 11) is 0. The number of hydrogen-bond donors (Lipinski definition) is 0. The first-order chi connectivity index (χ1) is 5.58. The maximum atomic E-state index is 10.9. The predicted molar refractivity (Wildman–Crippen MR) is 53.6 cm³/mol. The van der Waals surface area contributed by atoms with Crippen LogP contribution in [0.2, 0.25) is 0 Å². The smallest absolute Gasteiger partial charge is 0.329 e. The molecule has 3 nitrogen and oxygen atoms in total. The minimum Gasteiger partial charge on any atom is -0.329 e. The molecule has 66 valence electrons. The van der Waals surface area contributed by atoms with Crippen molar-refractivity contribution in [2.45, 2.75) is 0 Å². The molecule has 0 radical (unpaired) electrons. The van der Waals surface area contributed by atoms with E-state index in [1.807, 2.05) is 6.07 Å². The van der Waals surface area contributed by atoms with Gasteiger partial charge in [0.1, 0.15) is 0 Å². The molecule has 12 heavy (non-hydrogen) atoms.